The molecule has 8 nitrogen and oxygen atoms in total. The van der Waals surface area contributed by atoms with E-state index in [0.29, 0.717) is 16.7 Å². The third-order valence-corrected chi connectivity index (χ3v) is 3.42. The standard InChI is InChI=1S/C13H13ClN6O2/c1-8-4-3-5-10(20-13(21)19(2)17-18-20)9(8)7-22-12-6-11(14)15-16-12/h3-6H,7H2,1-2H3,(H,15,16). The molecule has 0 fully saturated rings. The molecule has 0 saturated carbocycles. The van der Waals surface area contributed by atoms with Gasteiger partial charge in [0.25, 0.3) is 0 Å². The first kappa shape index (κ1) is 14.3. The van der Waals surface area contributed by atoms with E-state index in [1.807, 2.05) is 19.1 Å². The van der Waals surface area contributed by atoms with Gasteiger partial charge in [-0.2, -0.15) is 9.36 Å². The summed E-state index contributed by atoms with van der Waals surface area (Å²) in [6.07, 6.45) is 0. The van der Waals surface area contributed by atoms with Crippen LogP contribution in [0.3, 0.4) is 0 Å². The van der Waals surface area contributed by atoms with Gasteiger partial charge < -0.3 is 4.74 Å². The predicted molar refractivity (Wildman–Crippen MR) is 79.3 cm³/mol. The van der Waals surface area contributed by atoms with E-state index in [0.717, 1.165) is 11.1 Å². The molecule has 9 heteroatoms. The fraction of sp³-hybridized carbons (Fsp3) is 0.231. The Balaban J connectivity index is 1.96. The van der Waals surface area contributed by atoms with Gasteiger partial charge in [0, 0.05) is 18.7 Å². The molecule has 1 aromatic carbocycles. The molecule has 0 bridgehead atoms. The largest absolute Gasteiger partial charge is 0.472 e. The molecular weight excluding hydrogens is 308 g/mol. The van der Waals surface area contributed by atoms with Crippen LogP contribution in [0.5, 0.6) is 5.88 Å². The molecule has 0 unspecified atom stereocenters. The summed E-state index contributed by atoms with van der Waals surface area (Å²) in [6, 6.07) is 7.15. The van der Waals surface area contributed by atoms with Gasteiger partial charge in [-0.15, -0.1) is 5.10 Å². The van der Waals surface area contributed by atoms with E-state index in [1.54, 1.807) is 19.2 Å². The Morgan fingerprint density at radius 3 is 2.82 bits per heavy atom. The molecule has 22 heavy (non-hydrogen) atoms. The van der Waals surface area contributed by atoms with Gasteiger partial charge >= 0.3 is 5.69 Å². The van der Waals surface area contributed by atoms with Gasteiger partial charge in [-0.05, 0) is 29.0 Å². The van der Waals surface area contributed by atoms with E-state index in [9.17, 15) is 4.79 Å². The highest BCUT2D eigenvalue weighted by molar-refractivity contribution is 6.29. The van der Waals surface area contributed by atoms with Crippen LogP contribution in [0, 0.1) is 6.92 Å². The molecule has 3 aromatic rings. The van der Waals surface area contributed by atoms with E-state index in [2.05, 4.69) is 20.6 Å². The van der Waals surface area contributed by atoms with Gasteiger partial charge in [0.1, 0.15) is 11.8 Å². The van der Waals surface area contributed by atoms with Crippen LogP contribution in [0.15, 0.2) is 29.1 Å². The Morgan fingerprint density at radius 1 is 1.36 bits per heavy atom. The van der Waals surface area contributed by atoms with Crippen molar-refractivity contribution in [1.82, 2.24) is 30.0 Å². The molecule has 0 amide bonds. The highest BCUT2D eigenvalue weighted by Gasteiger charge is 2.14. The zero-order chi connectivity index (χ0) is 15.7. The number of hydrogen-bond donors (Lipinski definition) is 1. The second-order valence-corrected chi connectivity index (χ2v) is 5.12. The molecule has 0 aliphatic carbocycles. The van der Waals surface area contributed by atoms with E-state index in [-0.39, 0.29) is 12.3 Å². The number of aromatic amines is 1. The Morgan fingerprint density at radius 2 is 2.18 bits per heavy atom. The summed E-state index contributed by atoms with van der Waals surface area (Å²) in [4.78, 5) is 12.0. The second kappa shape index (κ2) is 5.64. The molecule has 0 aliphatic heterocycles. The van der Waals surface area contributed by atoms with E-state index in [4.69, 9.17) is 16.3 Å². The van der Waals surface area contributed by atoms with E-state index < -0.39 is 0 Å². The van der Waals surface area contributed by atoms with Gasteiger partial charge in [0.2, 0.25) is 5.88 Å². The van der Waals surface area contributed by atoms with Crippen molar-refractivity contribution in [3.63, 3.8) is 0 Å². The maximum absolute atomic E-state index is 12.0. The average molecular weight is 321 g/mol. The summed E-state index contributed by atoms with van der Waals surface area (Å²) >= 11 is 5.76. The van der Waals surface area contributed by atoms with Crippen LogP contribution in [0.4, 0.5) is 0 Å². The van der Waals surface area contributed by atoms with Crippen molar-refractivity contribution in [1.29, 1.82) is 0 Å². The number of aromatic nitrogens is 6. The van der Waals surface area contributed by atoms with Gasteiger partial charge in [0.05, 0.1) is 5.69 Å². The summed E-state index contributed by atoms with van der Waals surface area (Å²) in [5.74, 6) is 0.380. The van der Waals surface area contributed by atoms with Gasteiger partial charge in [0.15, 0.2) is 0 Å². The SMILES string of the molecule is Cc1cccc(-n2nnn(C)c2=O)c1COc1cc(Cl)[nH]n1. The molecule has 2 aromatic heterocycles. The van der Waals surface area contributed by atoms with Gasteiger partial charge in [-0.25, -0.2) is 4.79 Å². The number of ether oxygens (including phenoxy) is 1. The third kappa shape index (κ3) is 2.60. The lowest BCUT2D eigenvalue weighted by Gasteiger charge is -2.11. The Kier molecular flexibility index (Phi) is 3.68. The maximum Gasteiger partial charge on any atom is 0.368 e. The monoisotopic (exact) mass is 320 g/mol. The number of halogens is 1. The lowest BCUT2D eigenvalue weighted by molar-refractivity contribution is 0.292. The minimum absolute atomic E-state index is 0.228. The fourth-order valence-corrected chi connectivity index (χ4v) is 2.17. The molecular formula is C13H13ClN6O2. The first-order chi connectivity index (χ1) is 10.6. The molecule has 0 aliphatic rings. The van der Waals surface area contributed by atoms with Crippen LogP contribution in [0.1, 0.15) is 11.1 Å². The lowest BCUT2D eigenvalue weighted by Crippen LogP contribution is -2.23. The number of hydrogen-bond acceptors (Lipinski definition) is 5. The number of tetrazole rings is 1. The normalized spacial score (nSPS) is 10.9. The zero-order valence-electron chi connectivity index (χ0n) is 11.9. The van der Waals surface area contributed by atoms with Crippen molar-refractivity contribution in [2.45, 2.75) is 13.5 Å². The summed E-state index contributed by atoms with van der Waals surface area (Å²) in [6.45, 7) is 2.16. The topological polar surface area (TPSA) is 90.6 Å². The van der Waals surface area contributed by atoms with Crippen LogP contribution in [-0.4, -0.2) is 30.0 Å². The smallest absolute Gasteiger partial charge is 0.368 e. The number of nitrogens with zero attached hydrogens (tertiary/aromatic N) is 5. The molecule has 0 atom stereocenters. The zero-order valence-corrected chi connectivity index (χ0v) is 12.7. The van der Waals surface area contributed by atoms with Crippen molar-refractivity contribution in [3.05, 3.63) is 51.0 Å². The molecule has 0 spiro atoms. The van der Waals surface area contributed by atoms with Crippen LogP contribution in [0.2, 0.25) is 5.15 Å². The Labute approximate surface area is 130 Å². The lowest BCUT2D eigenvalue weighted by atomic mass is 10.1. The fourth-order valence-electron chi connectivity index (χ4n) is 2.04. The summed E-state index contributed by atoms with van der Waals surface area (Å²) < 4.78 is 8.01. The third-order valence-electron chi connectivity index (χ3n) is 3.22. The predicted octanol–water partition coefficient (Wildman–Crippen LogP) is 1.23. The van der Waals surface area contributed by atoms with Gasteiger partial charge in [-0.3, -0.25) is 5.10 Å². The van der Waals surface area contributed by atoms with E-state index >= 15 is 0 Å². The van der Waals surface area contributed by atoms with Crippen LogP contribution in [0.25, 0.3) is 5.69 Å². The van der Waals surface area contributed by atoms with Crippen molar-refractivity contribution >= 4 is 11.6 Å². The molecule has 3 rings (SSSR count). The molecule has 0 saturated heterocycles. The number of benzene rings is 1. The summed E-state index contributed by atoms with van der Waals surface area (Å²) in [5, 5.41) is 14.5. The highest BCUT2D eigenvalue weighted by Crippen LogP contribution is 2.20. The number of H-pyrrole nitrogens is 1. The number of nitrogens with one attached hydrogen (secondary N) is 1. The van der Waals surface area contributed by atoms with Crippen LogP contribution >= 0.6 is 11.6 Å². The quantitative estimate of drug-likeness (QED) is 0.780. The first-order valence-corrected chi connectivity index (χ1v) is 6.85. The molecule has 114 valence electrons. The van der Waals surface area contributed by atoms with Crippen molar-refractivity contribution in [3.8, 4) is 11.6 Å². The van der Waals surface area contributed by atoms with Crippen molar-refractivity contribution in [2.24, 2.45) is 7.05 Å². The van der Waals surface area contributed by atoms with Gasteiger partial charge in [-0.1, -0.05) is 23.7 Å². The highest BCUT2D eigenvalue weighted by atomic mass is 35.5. The summed E-state index contributed by atoms with van der Waals surface area (Å²) in [5.41, 5.74) is 2.09. The summed E-state index contributed by atoms with van der Waals surface area (Å²) in [7, 11) is 1.55. The average Bonchev–Trinajstić information content (AvgIpc) is 3.05. The van der Waals surface area contributed by atoms with Crippen molar-refractivity contribution in [2.75, 3.05) is 0 Å². The second-order valence-electron chi connectivity index (χ2n) is 4.71. The van der Waals surface area contributed by atoms with Crippen LogP contribution < -0.4 is 10.4 Å². The minimum Gasteiger partial charge on any atom is -0.472 e. The molecule has 2 heterocycles. The molecule has 0 radical (unpaired) electrons. The van der Waals surface area contributed by atoms with Crippen LogP contribution in [-0.2, 0) is 13.7 Å². The van der Waals surface area contributed by atoms with Crippen molar-refractivity contribution < 1.29 is 4.74 Å². The maximum atomic E-state index is 12.0. The first-order valence-electron chi connectivity index (χ1n) is 6.48. The minimum atomic E-state index is -0.324. The number of aryl methyl sites for hydroxylation is 2. The Bertz CT molecular complexity index is 866. The van der Waals surface area contributed by atoms with E-state index in [1.165, 1.54) is 9.36 Å². The Hall–Kier alpha value is -2.61. The molecule has 1 N–H and O–H groups in total. The number of rotatable bonds is 4.